The summed E-state index contributed by atoms with van der Waals surface area (Å²) < 4.78 is 6.50. The molecule has 0 aromatic heterocycles. The zero-order chi connectivity index (χ0) is 3.54. The maximum absolute atomic E-state index is 3.71. The lowest BCUT2D eigenvalue weighted by atomic mass is 10.8. The van der Waals surface area contributed by atoms with Crippen LogP contribution in [0.3, 0.4) is 0 Å². The molecule has 0 atom stereocenters. The second-order valence-electron chi connectivity index (χ2n) is 0.630. The largest absolute Gasteiger partial charge is 0.234 e. The Kier molecular flexibility index (Phi) is 0.907. The van der Waals surface area contributed by atoms with Gasteiger partial charge in [-0.25, -0.2) is 9.12 Å². The Morgan fingerprint density at radius 3 is 3.00 bits per heavy atom. The van der Waals surface area contributed by atoms with E-state index in [2.05, 4.69) is 9.12 Å². The maximum atomic E-state index is 3.71. The summed E-state index contributed by atoms with van der Waals surface area (Å²) in [6.45, 7) is 1.78. The summed E-state index contributed by atoms with van der Waals surface area (Å²) in [6.07, 6.45) is 1.71. The summed E-state index contributed by atoms with van der Waals surface area (Å²) in [5.74, 6) is 0. The highest BCUT2D eigenvalue weighted by Gasteiger charge is 1.85. The predicted molar refractivity (Wildman–Crippen MR) is 23.5 cm³/mol. The summed E-state index contributed by atoms with van der Waals surface area (Å²) in [4.78, 5) is 0. The molecule has 0 aliphatic carbocycles. The maximum Gasteiger partial charge on any atom is 0.0761 e. The topological polar surface area (TPSA) is 24.4 Å². The highest BCUT2D eigenvalue weighted by molar-refractivity contribution is 7.96. The van der Waals surface area contributed by atoms with Crippen LogP contribution in [0.2, 0.25) is 0 Å². The molecular formula is C2H3N2S. The van der Waals surface area contributed by atoms with Crippen molar-refractivity contribution >= 4 is 18.3 Å². The van der Waals surface area contributed by atoms with E-state index in [-0.39, 0.29) is 0 Å². The van der Waals surface area contributed by atoms with Gasteiger partial charge < -0.3 is 0 Å². The molecule has 0 bridgehead atoms. The highest BCUT2D eigenvalue weighted by atomic mass is 32.2. The van der Waals surface area contributed by atoms with Crippen LogP contribution in [0.25, 0.3) is 0 Å². The Labute approximate surface area is 34.9 Å². The van der Waals surface area contributed by atoms with E-state index in [0.29, 0.717) is 0 Å². The van der Waals surface area contributed by atoms with Crippen molar-refractivity contribution in [3.63, 3.8) is 0 Å². The molecule has 5 heavy (non-hydrogen) atoms. The van der Waals surface area contributed by atoms with E-state index in [1.54, 1.807) is 12.8 Å². The van der Waals surface area contributed by atoms with Gasteiger partial charge in [0.25, 0.3) is 0 Å². The van der Waals surface area contributed by atoms with Crippen LogP contribution in [0.15, 0.2) is 4.40 Å². The average molecular weight is 87.1 g/mol. The third-order valence-corrected chi connectivity index (χ3v) is 0.777. The van der Waals surface area contributed by atoms with Crippen molar-refractivity contribution in [3.05, 3.63) is 6.54 Å². The fourth-order valence-electron chi connectivity index (χ4n) is 0.152. The molecule has 0 unspecified atom stereocenters. The van der Waals surface area contributed by atoms with Crippen molar-refractivity contribution in [1.82, 2.24) is 4.72 Å². The Balaban J connectivity index is 2.32. The van der Waals surface area contributed by atoms with E-state index in [9.17, 15) is 0 Å². The van der Waals surface area contributed by atoms with Gasteiger partial charge >= 0.3 is 0 Å². The summed E-state index contributed by atoms with van der Waals surface area (Å²) >= 11 is 1.34. The number of hydrogen-bond acceptors (Lipinski definition) is 3. The molecule has 0 spiro atoms. The Hall–Kier alpha value is -0.0200. The van der Waals surface area contributed by atoms with Crippen molar-refractivity contribution in [3.8, 4) is 0 Å². The van der Waals surface area contributed by atoms with E-state index >= 15 is 0 Å². The molecule has 1 aliphatic rings. The van der Waals surface area contributed by atoms with Crippen molar-refractivity contribution in [1.29, 1.82) is 0 Å². The molecule has 1 N–H and O–H groups in total. The van der Waals surface area contributed by atoms with Gasteiger partial charge in [0.1, 0.15) is 0 Å². The fraction of sp³-hybridized carbons (Fsp3) is 0. The lowest BCUT2D eigenvalue weighted by molar-refractivity contribution is 1.38. The smallest absolute Gasteiger partial charge is 0.0761 e. The van der Waals surface area contributed by atoms with Crippen LogP contribution in [0.5, 0.6) is 0 Å². The molecule has 1 radical (unpaired) electrons. The average Bonchev–Trinajstić information content (AvgIpc) is 1.76. The van der Waals surface area contributed by atoms with Gasteiger partial charge in [0.2, 0.25) is 0 Å². The molecule has 0 saturated heterocycles. The zero-order valence-electron chi connectivity index (χ0n) is 2.51. The van der Waals surface area contributed by atoms with Gasteiger partial charge in [0, 0.05) is 6.21 Å². The minimum absolute atomic E-state index is 1.34. The van der Waals surface area contributed by atoms with Crippen LogP contribution in [0.4, 0.5) is 0 Å². The first-order valence-electron chi connectivity index (χ1n) is 1.27. The number of nitrogens with zero attached hydrogens (tertiary/aromatic N) is 1. The van der Waals surface area contributed by atoms with Gasteiger partial charge in [-0.05, 0) is 0 Å². The minimum Gasteiger partial charge on any atom is -0.234 e. The third-order valence-electron chi connectivity index (χ3n) is 0.309. The lowest BCUT2D eigenvalue weighted by Gasteiger charge is -1.72. The molecule has 1 aliphatic heterocycles. The zero-order valence-corrected chi connectivity index (χ0v) is 3.33. The number of rotatable bonds is 0. The van der Waals surface area contributed by atoms with Crippen LogP contribution in [0, 0.1) is 6.54 Å². The SMILES string of the molecule is [CH]1C=NSN1. The fourth-order valence-corrected chi connectivity index (χ4v) is 0.456. The monoisotopic (exact) mass is 87.0 g/mol. The first kappa shape index (κ1) is 3.18. The summed E-state index contributed by atoms with van der Waals surface area (Å²) in [6, 6.07) is 0. The molecular weight excluding hydrogens is 84.1 g/mol. The van der Waals surface area contributed by atoms with Gasteiger partial charge in [-0.15, -0.1) is 0 Å². The molecule has 0 saturated carbocycles. The van der Waals surface area contributed by atoms with E-state index in [1.807, 2.05) is 0 Å². The van der Waals surface area contributed by atoms with Gasteiger partial charge in [-0.1, -0.05) is 0 Å². The van der Waals surface area contributed by atoms with Crippen molar-refractivity contribution < 1.29 is 0 Å². The molecule has 3 heteroatoms. The van der Waals surface area contributed by atoms with E-state index in [4.69, 9.17) is 0 Å². The van der Waals surface area contributed by atoms with Crippen molar-refractivity contribution in [2.75, 3.05) is 0 Å². The highest BCUT2D eigenvalue weighted by Crippen LogP contribution is 1.98. The van der Waals surface area contributed by atoms with E-state index < -0.39 is 0 Å². The predicted octanol–water partition coefficient (Wildman–Crippen LogP) is 0.385. The molecule has 0 amide bonds. The van der Waals surface area contributed by atoms with Crippen LogP contribution in [-0.2, 0) is 0 Å². The summed E-state index contributed by atoms with van der Waals surface area (Å²) in [5.41, 5.74) is 0. The van der Waals surface area contributed by atoms with Crippen LogP contribution < -0.4 is 4.72 Å². The first-order chi connectivity index (χ1) is 2.50. The molecule has 1 rings (SSSR count). The molecule has 0 fully saturated rings. The molecule has 2 nitrogen and oxygen atoms in total. The summed E-state index contributed by atoms with van der Waals surface area (Å²) in [5, 5.41) is 0. The first-order valence-corrected chi connectivity index (χ1v) is 2.04. The Morgan fingerprint density at radius 1 is 1.80 bits per heavy atom. The second-order valence-corrected chi connectivity index (χ2v) is 1.26. The Morgan fingerprint density at radius 2 is 2.80 bits per heavy atom. The van der Waals surface area contributed by atoms with Crippen molar-refractivity contribution in [2.24, 2.45) is 4.40 Å². The molecule has 27 valence electrons. The minimum atomic E-state index is 1.34. The van der Waals surface area contributed by atoms with Crippen molar-refractivity contribution in [2.45, 2.75) is 0 Å². The number of nitrogens with one attached hydrogen (secondary N) is 1. The lowest BCUT2D eigenvalue weighted by Crippen LogP contribution is -1.87. The number of hydrogen-bond donors (Lipinski definition) is 1. The third kappa shape index (κ3) is 0.629. The molecule has 0 aromatic rings. The normalized spacial score (nSPS) is 20.8. The van der Waals surface area contributed by atoms with E-state index in [1.165, 1.54) is 12.1 Å². The van der Waals surface area contributed by atoms with Gasteiger partial charge in [0.15, 0.2) is 0 Å². The Bertz CT molecular complexity index is 45.6. The summed E-state index contributed by atoms with van der Waals surface area (Å²) in [7, 11) is 0. The van der Waals surface area contributed by atoms with Crippen LogP contribution in [0.1, 0.15) is 0 Å². The van der Waals surface area contributed by atoms with Crippen LogP contribution >= 0.6 is 12.1 Å². The van der Waals surface area contributed by atoms with Gasteiger partial charge in [-0.3, -0.25) is 0 Å². The van der Waals surface area contributed by atoms with Gasteiger partial charge in [-0.2, -0.15) is 0 Å². The van der Waals surface area contributed by atoms with Gasteiger partial charge in [0.05, 0.1) is 18.7 Å². The molecule has 1 heterocycles. The second kappa shape index (κ2) is 1.43. The standard InChI is InChI=1S/C2H3N2S/c1-2-4-5-3-1/h1-3H. The molecule has 0 aromatic carbocycles. The van der Waals surface area contributed by atoms with E-state index in [0.717, 1.165) is 0 Å². The van der Waals surface area contributed by atoms with Crippen LogP contribution in [-0.4, -0.2) is 6.21 Å². The quantitative estimate of drug-likeness (QED) is 0.432.